The number of hydrogen-bond donors (Lipinski definition) is 1. The largest absolute Gasteiger partial charge is 0.391 e. The van der Waals surface area contributed by atoms with E-state index in [1.54, 1.807) is 28.8 Å². The van der Waals surface area contributed by atoms with Crippen LogP contribution in [0.15, 0.2) is 24.4 Å². The highest BCUT2D eigenvalue weighted by atomic mass is 16.3. The van der Waals surface area contributed by atoms with Crippen LogP contribution < -0.4 is 0 Å². The van der Waals surface area contributed by atoms with Gasteiger partial charge in [-0.1, -0.05) is 0 Å². The third-order valence-electron chi connectivity index (χ3n) is 4.59. The van der Waals surface area contributed by atoms with Gasteiger partial charge in [0.15, 0.2) is 5.82 Å². The molecule has 0 aromatic carbocycles. The van der Waals surface area contributed by atoms with Gasteiger partial charge in [-0.25, -0.2) is 9.67 Å². The number of piperidine rings is 1. The van der Waals surface area contributed by atoms with Crippen LogP contribution in [0.5, 0.6) is 0 Å². The predicted octanol–water partition coefficient (Wildman–Crippen LogP) is 2.26. The highest BCUT2D eigenvalue weighted by Gasteiger charge is 2.30. The van der Waals surface area contributed by atoms with Gasteiger partial charge in [0, 0.05) is 18.4 Å². The number of aromatic nitrogens is 3. The van der Waals surface area contributed by atoms with Crippen LogP contribution in [0.25, 0.3) is 5.82 Å². The summed E-state index contributed by atoms with van der Waals surface area (Å²) in [5.74, 6) is 0.635. The van der Waals surface area contributed by atoms with Gasteiger partial charge in [0.25, 0.3) is 5.91 Å². The number of carbonyl (C=O) groups excluding carboxylic acids is 1. The van der Waals surface area contributed by atoms with Crippen molar-refractivity contribution in [3.05, 3.63) is 41.3 Å². The van der Waals surface area contributed by atoms with Gasteiger partial charge in [-0.05, 0) is 58.2 Å². The van der Waals surface area contributed by atoms with Gasteiger partial charge in [0.2, 0.25) is 0 Å². The maximum Gasteiger partial charge on any atom is 0.255 e. The molecular weight excluding hydrogens is 304 g/mol. The lowest BCUT2D eigenvalue weighted by atomic mass is 9.97. The number of nitrogens with zero attached hydrogens (tertiary/aromatic N) is 4. The van der Waals surface area contributed by atoms with Crippen molar-refractivity contribution in [2.24, 2.45) is 0 Å². The Bertz CT molecular complexity index is 721. The molecule has 6 nitrogen and oxygen atoms in total. The fourth-order valence-electron chi connectivity index (χ4n) is 3.38. The number of amides is 1. The molecule has 6 heteroatoms. The molecule has 128 valence electrons. The van der Waals surface area contributed by atoms with E-state index in [0.717, 1.165) is 30.7 Å². The molecule has 0 radical (unpaired) electrons. The summed E-state index contributed by atoms with van der Waals surface area (Å²) >= 11 is 0. The van der Waals surface area contributed by atoms with Gasteiger partial charge < -0.3 is 10.0 Å². The second-order valence-electron chi connectivity index (χ2n) is 6.55. The second kappa shape index (κ2) is 6.73. The quantitative estimate of drug-likeness (QED) is 0.938. The van der Waals surface area contributed by atoms with Crippen LogP contribution in [0.1, 0.15) is 47.9 Å². The molecule has 3 rings (SSSR count). The molecule has 2 atom stereocenters. The van der Waals surface area contributed by atoms with Crippen molar-refractivity contribution in [1.29, 1.82) is 0 Å². The molecule has 1 aliphatic heterocycles. The summed E-state index contributed by atoms with van der Waals surface area (Å²) in [6, 6.07) is 5.48. The Morgan fingerprint density at radius 3 is 2.71 bits per heavy atom. The van der Waals surface area contributed by atoms with Crippen LogP contribution in [-0.4, -0.2) is 49.4 Å². The van der Waals surface area contributed by atoms with Crippen molar-refractivity contribution in [2.45, 2.75) is 52.2 Å². The van der Waals surface area contributed by atoms with Crippen LogP contribution in [0, 0.1) is 13.8 Å². The van der Waals surface area contributed by atoms with E-state index in [1.165, 1.54) is 0 Å². The molecule has 3 heterocycles. The standard InChI is InChI=1S/C18H24N4O2/c1-12-10-13(2)22(20-12)17-8-7-15(11-19-17)18(24)21-9-5-4-6-16(21)14(3)23/h7-8,10-11,14,16,23H,4-6,9H2,1-3H3. The number of aliphatic hydroxyl groups is 1. The van der Waals surface area contributed by atoms with E-state index in [-0.39, 0.29) is 11.9 Å². The zero-order valence-electron chi connectivity index (χ0n) is 14.4. The summed E-state index contributed by atoms with van der Waals surface area (Å²) in [6.07, 6.45) is 3.96. The molecule has 0 aliphatic carbocycles. The normalized spacial score (nSPS) is 19.3. The minimum absolute atomic E-state index is 0.0620. The van der Waals surface area contributed by atoms with Crippen molar-refractivity contribution in [1.82, 2.24) is 19.7 Å². The summed E-state index contributed by atoms with van der Waals surface area (Å²) in [4.78, 5) is 19.0. The SMILES string of the molecule is Cc1cc(C)n(-c2ccc(C(=O)N3CCCCC3C(C)O)cn2)n1. The summed E-state index contributed by atoms with van der Waals surface area (Å²) in [6.45, 7) is 6.35. The molecule has 1 fully saturated rings. The maximum absolute atomic E-state index is 12.8. The van der Waals surface area contributed by atoms with E-state index in [2.05, 4.69) is 10.1 Å². The van der Waals surface area contributed by atoms with Gasteiger partial charge in [0.1, 0.15) is 0 Å². The number of hydrogen-bond acceptors (Lipinski definition) is 4. The Morgan fingerprint density at radius 1 is 1.33 bits per heavy atom. The van der Waals surface area contributed by atoms with E-state index in [0.29, 0.717) is 17.9 Å². The van der Waals surface area contributed by atoms with Gasteiger partial charge in [-0.2, -0.15) is 5.10 Å². The third-order valence-corrected chi connectivity index (χ3v) is 4.59. The molecule has 1 saturated heterocycles. The molecule has 1 N–H and O–H groups in total. The van der Waals surface area contributed by atoms with E-state index in [1.807, 2.05) is 26.0 Å². The van der Waals surface area contributed by atoms with Crippen molar-refractivity contribution in [2.75, 3.05) is 6.54 Å². The minimum atomic E-state index is -0.517. The Balaban J connectivity index is 1.82. The van der Waals surface area contributed by atoms with E-state index < -0.39 is 6.10 Å². The van der Waals surface area contributed by atoms with Gasteiger partial charge >= 0.3 is 0 Å². The molecular formula is C18H24N4O2. The zero-order chi connectivity index (χ0) is 17.3. The summed E-state index contributed by atoms with van der Waals surface area (Å²) in [5, 5.41) is 14.4. The first-order valence-electron chi connectivity index (χ1n) is 8.46. The first-order valence-corrected chi connectivity index (χ1v) is 8.46. The topological polar surface area (TPSA) is 71.2 Å². The average molecular weight is 328 g/mol. The lowest BCUT2D eigenvalue weighted by molar-refractivity contribution is 0.0280. The van der Waals surface area contributed by atoms with Gasteiger partial charge in [0.05, 0.1) is 23.4 Å². The molecule has 2 aromatic heterocycles. The van der Waals surface area contributed by atoms with Crippen LogP contribution in [0.4, 0.5) is 0 Å². The average Bonchev–Trinajstić information content (AvgIpc) is 2.92. The van der Waals surface area contributed by atoms with E-state index in [4.69, 9.17) is 0 Å². The molecule has 2 aromatic rings. The summed E-state index contributed by atoms with van der Waals surface area (Å²) in [7, 11) is 0. The Morgan fingerprint density at radius 2 is 2.12 bits per heavy atom. The molecule has 24 heavy (non-hydrogen) atoms. The van der Waals surface area contributed by atoms with E-state index in [9.17, 15) is 9.90 Å². The lowest BCUT2D eigenvalue weighted by Gasteiger charge is -2.37. The molecule has 2 unspecified atom stereocenters. The molecule has 0 bridgehead atoms. The van der Waals surface area contributed by atoms with Crippen LogP contribution in [0.2, 0.25) is 0 Å². The number of aryl methyl sites for hydroxylation is 2. The molecule has 1 amide bonds. The van der Waals surface area contributed by atoms with Gasteiger partial charge in [-0.15, -0.1) is 0 Å². The molecule has 0 spiro atoms. The van der Waals surface area contributed by atoms with Crippen LogP contribution in [0.3, 0.4) is 0 Å². The Hall–Kier alpha value is -2.21. The van der Waals surface area contributed by atoms with Gasteiger partial charge in [-0.3, -0.25) is 4.79 Å². The zero-order valence-corrected chi connectivity index (χ0v) is 14.4. The molecule has 0 saturated carbocycles. The van der Waals surface area contributed by atoms with Crippen molar-refractivity contribution >= 4 is 5.91 Å². The third kappa shape index (κ3) is 3.19. The number of likely N-dealkylation sites (tertiary alicyclic amines) is 1. The van der Waals surface area contributed by atoms with Crippen molar-refractivity contribution < 1.29 is 9.90 Å². The number of rotatable bonds is 3. The number of aliphatic hydroxyl groups excluding tert-OH is 1. The summed E-state index contributed by atoms with van der Waals surface area (Å²) in [5.41, 5.74) is 2.49. The fourth-order valence-corrected chi connectivity index (χ4v) is 3.38. The molecule has 1 aliphatic rings. The first-order chi connectivity index (χ1) is 11.5. The lowest BCUT2D eigenvalue weighted by Crippen LogP contribution is -2.48. The smallest absolute Gasteiger partial charge is 0.255 e. The monoisotopic (exact) mass is 328 g/mol. The Labute approximate surface area is 142 Å². The first kappa shape index (κ1) is 16.6. The number of pyridine rings is 1. The highest BCUT2D eigenvalue weighted by Crippen LogP contribution is 2.22. The number of carbonyl (C=O) groups is 1. The Kier molecular flexibility index (Phi) is 4.66. The maximum atomic E-state index is 12.8. The predicted molar refractivity (Wildman–Crippen MR) is 91.2 cm³/mol. The highest BCUT2D eigenvalue weighted by molar-refractivity contribution is 5.94. The van der Waals surface area contributed by atoms with Crippen LogP contribution >= 0.6 is 0 Å². The minimum Gasteiger partial charge on any atom is -0.391 e. The summed E-state index contributed by atoms with van der Waals surface area (Å²) < 4.78 is 1.77. The van der Waals surface area contributed by atoms with Crippen molar-refractivity contribution in [3.63, 3.8) is 0 Å². The second-order valence-corrected chi connectivity index (χ2v) is 6.55. The fraction of sp³-hybridized carbons (Fsp3) is 0.500. The van der Waals surface area contributed by atoms with E-state index >= 15 is 0 Å². The van der Waals surface area contributed by atoms with Crippen molar-refractivity contribution in [3.8, 4) is 5.82 Å². The van der Waals surface area contributed by atoms with Crippen LogP contribution in [-0.2, 0) is 0 Å².